The summed E-state index contributed by atoms with van der Waals surface area (Å²) in [6, 6.07) is 5.56. The predicted octanol–water partition coefficient (Wildman–Crippen LogP) is 3.74. The van der Waals surface area contributed by atoms with Gasteiger partial charge in [-0.3, -0.25) is 0 Å². The van der Waals surface area contributed by atoms with E-state index in [9.17, 15) is 4.79 Å². The summed E-state index contributed by atoms with van der Waals surface area (Å²) in [7, 11) is 1.77. The van der Waals surface area contributed by atoms with Crippen molar-refractivity contribution in [1.29, 1.82) is 0 Å². The normalized spacial score (nSPS) is 15.6. The molecule has 2 aromatic rings. The molecule has 0 saturated carbocycles. The fourth-order valence-electron chi connectivity index (χ4n) is 2.41. The van der Waals surface area contributed by atoms with Gasteiger partial charge in [-0.15, -0.1) is 11.3 Å². The van der Waals surface area contributed by atoms with Crippen LogP contribution in [0.3, 0.4) is 0 Å². The number of carbonyl (C=O) groups excluding carboxylic acids is 1. The maximum absolute atomic E-state index is 11.6. The number of anilines is 1. The summed E-state index contributed by atoms with van der Waals surface area (Å²) < 4.78 is 0. The number of nitrogens with two attached hydrogens (primary N) is 1. The Hall–Kier alpha value is -1.56. The van der Waals surface area contributed by atoms with Crippen LogP contribution in [-0.4, -0.2) is 18.0 Å². The Labute approximate surface area is 132 Å². The van der Waals surface area contributed by atoms with Gasteiger partial charge in [0.2, 0.25) is 0 Å². The van der Waals surface area contributed by atoms with E-state index in [1.54, 1.807) is 23.3 Å². The van der Waals surface area contributed by atoms with E-state index in [1.807, 2.05) is 30.5 Å². The zero-order valence-electron chi connectivity index (χ0n) is 11.8. The average molecular weight is 322 g/mol. The third kappa shape index (κ3) is 2.52. The minimum absolute atomic E-state index is 0.0866. The van der Waals surface area contributed by atoms with Gasteiger partial charge in [0.25, 0.3) is 0 Å². The molecular formula is C15H16ClN3OS. The SMILES string of the molecule is Cc1csc(C(N)c2ccc3c(c2)CN(C)C(=O)N3)c1Cl. The second-order valence-corrected chi connectivity index (χ2v) is 6.57. The molecule has 2 amide bonds. The van der Waals surface area contributed by atoms with Gasteiger partial charge in [-0.1, -0.05) is 17.7 Å². The molecule has 1 aliphatic heterocycles. The highest BCUT2D eigenvalue weighted by molar-refractivity contribution is 7.10. The minimum atomic E-state index is -0.246. The molecule has 0 spiro atoms. The number of rotatable bonds is 2. The number of fused-ring (bicyclic) bond motifs is 1. The molecule has 1 unspecified atom stereocenters. The Morgan fingerprint density at radius 2 is 2.24 bits per heavy atom. The Morgan fingerprint density at radius 1 is 1.48 bits per heavy atom. The Bertz CT molecular complexity index is 713. The number of thiophene rings is 1. The highest BCUT2D eigenvalue weighted by Gasteiger charge is 2.22. The van der Waals surface area contributed by atoms with Crippen molar-refractivity contribution in [2.24, 2.45) is 5.73 Å². The van der Waals surface area contributed by atoms with Crippen LogP contribution in [-0.2, 0) is 6.54 Å². The van der Waals surface area contributed by atoms with E-state index in [-0.39, 0.29) is 12.1 Å². The van der Waals surface area contributed by atoms with E-state index in [1.165, 1.54) is 0 Å². The lowest BCUT2D eigenvalue weighted by Crippen LogP contribution is -2.35. The van der Waals surface area contributed by atoms with E-state index < -0.39 is 0 Å². The second-order valence-electron chi connectivity index (χ2n) is 5.28. The zero-order valence-corrected chi connectivity index (χ0v) is 13.4. The first-order valence-electron chi connectivity index (χ1n) is 6.61. The molecule has 0 saturated heterocycles. The topological polar surface area (TPSA) is 58.4 Å². The van der Waals surface area contributed by atoms with Gasteiger partial charge < -0.3 is 16.0 Å². The molecule has 3 N–H and O–H groups in total. The highest BCUT2D eigenvalue weighted by Crippen LogP contribution is 2.35. The van der Waals surface area contributed by atoms with Crippen molar-refractivity contribution in [2.75, 3.05) is 12.4 Å². The van der Waals surface area contributed by atoms with Crippen LogP contribution < -0.4 is 11.1 Å². The number of hydrogen-bond acceptors (Lipinski definition) is 3. The van der Waals surface area contributed by atoms with Crippen molar-refractivity contribution in [3.8, 4) is 0 Å². The van der Waals surface area contributed by atoms with Crippen LogP contribution in [0.4, 0.5) is 10.5 Å². The Balaban J connectivity index is 1.95. The molecule has 1 aliphatic rings. The lowest BCUT2D eigenvalue weighted by Gasteiger charge is -2.27. The van der Waals surface area contributed by atoms with Crippen molar-refractivity contribution in [3.63, 3.8) is 0 Å². The summed E-state index contributed by atoms with van der Waals surface area (Å²) in [6.45, 7) is 2.56. The van der Waals surface area contributed by atoms with Crippen LogP contribution >= 0.6 is 22.9 Å². The lowest BCUT2D eigenvalue weighted by molar-refractivity contribution is 0.218. The maximum Gasteiger partial charge on any atom is 0.321 e. The molecule has 0 bridgehead atoms. The van der Waals surface area contributed by atoms with E-state index in [4.69, 9.17) is 17.3 Å². The smallest absolute Gasteiger partial charge is 0.321 e. The molecule has 4 nitrogen and oxygen atoms in total. The van der Waals surface area contributed by atoms with Crippen molar-refractivity contribution < 1.29 is 4.79 Å². The molecule has 21 heavy (non-hydrogen) atoms. The van der Waals surface area contributed by atoms with Gasteiger partial charge in [0.15, 0.2) is 0 Å². The third-order valence-electron chi connectivity index (χ3n) is 3.69. The monoisotopic (exact) mass is 321 g/mol. The van der Waals surface area contributed by atoms with Crippen LogP contribution in [0.1, 0.15) is 27.6 Å². The maximum atomic E-state index is 11.6. The summed E-state index contributed by atoms with van der Waals surface area (Å²) in [5.41, 5.74) is 10.3. The van der Waals surface area contributed by atoms with Crippen molar-refractivity contribution in [2.45, 2.75) is 19.5 Å². The fourth-order valence-corrected chi connectivity index (χ4v) is 3.75. The highest BCUT2D eigenvalue weighted by atomic mass is 35.5. The van der Waals surface area contributed by atoms with Gasteiger partial charge >= 0.3 is 6.03 Å². The second kappa shape index (κ2) is 5.33. The number of amides is 2. The quantitative estimate of drug-likeness (QED) is 0.885. The number of nitrogens with one attached hydrogen (secondary N) is 1. The van der Waals surface area contributed by atoms with E-state index in [0.717, 1.165) is 32.3 Å². The first-order valence-corrected chi connectivity index (χ1v) is 7.87. The standard InChI is InChI=1S/C15H16ClN3OS/c1-8-7-21-14(12(8)16)13(17)9-3-4-11-10(5-9)6-19(2)15(20)18-11/h3-5,7,13H,6,17H2,1-2H3,(H,18,20). The number of nitrogens with zero attached hydrogens (tertiary/aromatic N) is 1. The summed E-state index contributed by atoms with van der Waals surface area (Å²) in [6.07, 6.45) is 0. The van der Waals surface area contributed by atoms with Crippen LogP contribution in [0.25, 0.3) is 0 Å². The average Bonchev–Trinajstić information content (AvgIpc) is 2.79. The molecule has 6 heteroatoms. The Kier molecular flexibility index (Phi) is 3.65. The summed E-state index contributed by atoms with van der Waals surface area (Å²) in [4.78, 5) is 14.2. The largest absolute Gasteiger partial charge is 0.323 e. The Morgan fingerprint density at radius 3 is 2.90 bits per heavy atom. The van der Waals surface area contributed by atoms with Gasteiger partial charge in [-0.2, -0.15) is 0 Å². The molecule has 1 atom stereocenters. The van der Waals surface area contributed by atoms with Crippen LogP contribution in [0.5, 0.6) is 0 Å². The number of halogens is 1. The number of carbonyl (C=O) groups is 1. The molecule has 3 rings (SSSR count). The van der Waals surface area contributed by atoms with Gasteiger partial charge in [-0.25, -0.2) is 4.79 Å². The van der Waals surface area contributed by atoms with E-state index >= 15 is 0 Å². The predicted molar refractivity (Wildman–Crippen MR) is 87.0 cm³/mol. The number of hydrogen-bond donors (Lipinski definition) is 2. The van der Waals surface area contributed by atoms with Crippen LogP contribution in [0.2, 0.25) is 5.02 Å². The molecule has 2 heterocycles. The molecule has 0 fully saturated rings. The molecule has 1 aromatic heterocycles. The van der Waals surface area contributed by atoms with Gasteiger partial charge in [-0.05, 0) is 41.1 Å². The molecule has 110 valence electrons. The number of aryl methyl sites for hydroxylation is 1. The lowest BCUT2D eigenvalue weighted by atomic mass is 10.0. The van der Waals surface area contributed by atoms with E-state index in [0.29, 0.717) is 6.54 Å². The minimum Gasteiger partial charge on any atom is -0.323 e. The van der Waals surface area contributed by atoms with Crippen LogP contribution in [0, 0.1) is 6.92 Å². The third-order valence-corrected chi connectivity index (χ3v) is 5.49. The zero-order chi connectivity index (χ0) is 15.1. The molecular weight excluding hydrogens is 306 g/mol. The molecule has 0 radical (unpaired) electrons. The van der Waals surface area contributed by atoms with Crippen molar-refractivity contribution >= 4 is 34.7 Å². The summed E-state index contributed by atoms with van der Waals surface area (Å²) in [5.74, 6) is 0. The number of benzene rings is 1. The van der Waals surface area contributed by atoms with Crippen LogP contribution in [0.15, 0.2) is 23.6 Å². The van der Waals surface area contributed by atoms with Crippen molar-refractivity contribution in [1.82, 2.24) is 4.90 Å². The fraction of sp³-hybridized carbons (Fsp3) is 0.267. The van der Waals surface area contributed by atoms with Crippen molar-refractivity contribution in [3.05, 3.63) is 50.2 Å². The molecule has 1 aromatic carbocycles. The first-order chi connectivity index (χ1) is 9.97. The van der Waals surface area contributed by atoms with Gasteiger partial charge in [0, 0.05) is 24.2 Å². The van der Waals surface area contributed by atoms with E-state index in [2.05, 4.69) is 5.32 Å². The molecule has 0 aliphatic carbocycles. The first kappa shape index (κ1) is 14.4. The summed E-state index contributed by atoms with van der Waals surface area (Å²) >= 11 is 7.88. The van der Waals surface area contributed by atoms with Gasteiger partial charge in [0.05, 0.1) is 11.1 Å². The summed E-state index contributed by atoms with van der Waals surface area (Å²) in [5, 5.41) is 5.62. The van der Waals surface area contributed by atoms with Gasteiger partial charge in [0.1, 0.15) is 0 Å². The number of urea groups is 1.